The van der Waals surface area contributed by atoms with Crippen LogP contribution in [0.2, 0.25) is 0 Å². The second-order valence-electron chi connectivity index (χ2n) is 4.62. The fraction of sp³-hybridized carbons (Fsp3) is 0.235. The Balaban J connectivity index is 1.91. The first kappa shape index (κ1) is 16.4. The summed E-state index contributed by atoms with van der Waals surface area (Å²) < 4.78 is 23.6. The minimum atomic E-state index is -0.522. The van der Waals surface area contributed by atoms with Gasteiger partial charge in [-0.05, 0) is 35.9 Å². The Labute approximate surface area is 133 Å². The molecule has 2 rings (SSSR count). The summed E-state index contributed by atoms with van der Waals surface area (Å²) in [5, 5.41) is 0. The Morgan fingerprint density at radius 1 is 1.14 bits per heavy atom. The van der Waals surface area contributed by atoms with Gasteiger partial charge in [0.15, 0.2) is 17.3 Å². The van der Waals surface area contributed by atoms with Crippen LogP contribution in [0.15, 0.2) is 42.5 Å². The fourth-order valence-corrected chi connectivity index (χ4v) is 2.82. The van der Waals surface area contributed by atoms with Crippen molar-refractivity contribution in [1.82, 2.24) is 0 Å². The SMILES string of the molecule is COc1cccc(CSCC(=O)c2ccc(OC)c(F)c2)c1. The first-order chi connectivity index (χ1) is 10.6. The lowest BCUT2D eigenvalue weighted by Crippen LogP contribution is -2.04. The van der Waals surface area contributed by atoms with E-state index in [4.69, 9.17) is 9.47 Å². The normalized spacial score (nSPS) is 10.3. The van der Waals surface area contributed by atoms with Crippen molar-refractivity contribution >= 4 is 17.5 Å². The molecule has 2 aromatic rings. The van der Waals surface area contributed by atoms with Crippen molar-refractivity contribution in [3.05, 3.63) is 59.4 Å². The third kappa shape index (κ3) is 4.24. The summed E-state index contributed by atoms with van der Waals surface area (Å²) in [6.07, 6.45) is 0. The topological polar surface area (TPSA) is 35.5 Å². The van der Waals surface area contributed by atoms with E-state index in [0.717, 1.165) is 11.3 Å². The number of rotatable bonds is 7. The van der Waals surface area contributed by atoms with Crippen LogP contribution in [0.1, 0.15) is 15.9 Å². The summed E-state index contributed by atoms with van der Waals surface area (Å²) in [6, 6.07) is 12.0. The van der Waals surface area contributed by atoms with Crippen molar-refractivity contribution in [3.63, 3.8) is 0 Å². The van der Waals surface area contributed by atoms with Crippen LogP contribution >= 0.6 is 11.8 Å². The molecular formula is C17H17FO3S. The molecule has 0 spiro atoms. The fourth-order valence-electron chi connectivity index (χ4n) is 1.95. The number of carbonyl (C=O) groups is 1. The first-order valence-electron chi connectivity index (χ1n) is 6.71. The lowest BCUT2D eigenvalue weighted by Gasteiger charge is -2.06. The van der Waals surface area contributed by atoms with Gasteiger partial charge in [-0.25, -0.2) is 4.39 Å². The Kier molecular flexibility index (Phi) is 5.83. The second-order valence-corrected chi connectivity index (χ2v) is 5.60. The van der Waals surface area contributed by atoms with Crippen LogP contribution < -0.4 is 9.47 Å². The Hall–Kier alpha value is -2.01. The number of carbonyl (C=O) groups excluding carboxylic acids is 1. The van der Waals surface area contributed by atoms with Gasteiger partial charge in [-0.3, -0.25) is 4.79 Å². The summed E-state index contributed by atoms with van der Waals surface area (Å²) in [6.45, 7) is 0. The molecule has 2 aromatic carbocycles. The minimum absolute atomic E-state index is 0.102. The maximum Gasteiger partial charge on any atom is 0.172 e. The zero-order valence-corrected chi connectivity index (χ0v) is 13.3. The van der Waals surface area contributed by atoms with Crippen LogP contribution in [0.5, 0.6) is 11.5 Å². The van der Waals surface area contributed by atoms with E-state index in [2.05, 4.69) is 0 Å². The van der Waals surface area contributed by atoms with Crippen LogP contribution in [-0.2, 0) is 5.75 Å². The standard InChI is InChI=1S/C17H17FO3S/c1-20-14-5-3-4-12(8-14)10-22-11-16(19)13-6-7-17(21-2)15(18)9-13/h3-9H,10-11H2,1-2H3. The number of thioether (sulfide) groups is 1. The molecule has 0 radical (unpaired) electrons. The summed E-state index contributed by atoms with van der Waals surface area (Å²) in [7, 11) is 3.01. The van der Waals surface area contributed by atoms with Crippen LogP contribution in [0.25, 0.3) is 0 Å². The molecule has 5 heteroatoms. The van der Waals surface area contributed by atoms with Crippen LogP contribution in [0.3, 0.4) is 0 Å². The van der Waals surface area contributed by atoms with Gasteiger partial charge in [-0.15, -0.1) is 11.8 Å². The van der Waals surface area contributed by atoms with Crippen molar-refractivity contribution < 1.29 is 18.7 Å². The highest BCUT2D eigenvalue weighted by Gasteiger charge is 2.10. The van der Waals surface area contributed by atoms with Gasteiger partial charge in [-0.2, -0.15) is 0 Å². The van der Waals surface area contributed by atoms with Gasteiger partial charge in [0, 0.05) is 11.3 Å². The third-order valence-electron chi connectivity index (χ3n) is 3.11. The highest BCUT2D eigenvalue weighted by atomic mass is 32.2. The van der Waals surface area contributed by atoms with E-state index in [1.807, 2.05) is 24.3 Å². The molecule has 0 aliphatic carbocycles. The number of methoxy groups -OCH3 is 2. The summed E-state index contributed by atoms with van der Waals surface area (Å²) >= 11 is 1.49. The van der Waals surface area contributed by atoms with Crippen molar-refractivity contribution in [2.24, 2.45) is 0 Å². The van der Waals surface area contributed by atoms with E-state index in [-0.39, 0.29) is 11.5 Å². The number of Topliss-reactive ketones (excluding diaryl/α,β-unsaturated/α-hetero) is 1. The lowest BCUT2D eigenvalue weighted by atomic mass is 10.1. The molecule has 0 unspecified atom stereocenters. The van der Waals surface area contributed by atoms with Crippen LogP contribution in [0, 0.1) is 5.82 Å². The number of hydrogen-bond acceptors (Lipinski definition) is 4. The molecular weight excluding hydrogens is 303 g/mol. The number of halogens is 1. The smallest absolute Gasteiger partial charge is 0.172 e. The van der Waals surface area contributed by atoms with Crippen LogP contribution in [-0.4, -0.2) is 25.8 Å². The van der Waals surface area contributed by atoms with Crippen molar-refractivity contribution in [2.75, 3.05) is 20.0 Å². The summed E-state index contributed by atoms with van der Waals surface area (Å²) in [5.41, 5.74) is 1.44. The highest BCUT2D eigenvalue weighted by Crippen LogP contribution is 2.21. The Morgan fingerprint density at radius 3 is 2.64 bits per heavy atom. The van der Waals surface area contributed by atoms with Crippen molar-refractivity contribution in [2.45, 2.75) is 5.75 Å². The van der Waals surface area contributed by atoms with E-state index >= 15 is 0 Å². The summed E-state index contributed by atoms with van der Waals surface area (Å²) in [4.78, 5) is 12.1. The molecule has 0 aliphatic rings. The Bertz CT molecular complexity index is 658. The molecule has 22 heavy (non-hydrogen) atoms. The predicted molar refractivity (Wildman–Crippen MR) is 86.4 cm³/mol. The monoisotopic (exact) mass is 320 g/mol. The van der Waals surface area contributed by atoms with E-state index in [0.29, 0.717) is 17.1 Å². The number of benzene rings is 2. The number of hydrogen-bond donors (Lipinski definition) is 0. The number of ether oxygens (including phenoxy) is 2. The quantitative estimate of drug-likeness (QED) is 0.724. The summed E-state index contributed by atoms with van der Waals surface area (Å²) in [5.74, 6) is 1.30. The zero-order chi connectivity index (χ0) is 15.9. The van der Waals surface area contributed by atoms with Gasteiger partial charge in [0.2, 0.25) is 0 Å². The van der Waals surface area contributed by atoms with Gasteiger partial charge in [0.25, 0.3) is 0 Å². The molecule has 0 aliphatic heterocycles. The molecule has 0 amide bonds. The number of ketones is 1. The molecule has 0 heterocycles. The van der Waals surface area contributed by atoms with E-state index < -0.39 is 5.82 Å². The van der Waals surface area contributed by atoms with Gasteiger partial charge >= 0.3 is 0 Å². The highest BCUT2D eigenvalue weighted by molar-refractivity contribution is 7.99. The largest absolute Gasteiger partial charge is 0.497 e. The van der Waals surface area contributed by atoms with Crippen LogP contribution in [0.4, 0.5) is 4.39 Å². The van der Waals surface area contributed by atoms with Gasteiger partial charge < -0.3 is 9.47 Å². The molecule has 0 saturated carbocycles. The lowest BCUT2D eigenvalue weighted by molar-refractivity contribution is 0.102. The van der Waals surface area contributed by atoms with Gasteiger partial charge in [0.05, 0.1) is 20.0 Å². The zero-order valence-electron chi connectivity index (χ0n) is 12.5. The maximum atomic E-state index is 13.6. The molecule has 0 atom stereocenters. The van der Waals surface area contributed by atoms with E-state index in [1.165, 1.54) is 31.0 Å². The van der Waals surface area contributed by atoms with Gasteiger partial charge in [-0.1, -0.05) is 12.1 Å². The van der Waals surface area contributed by atoms with Gasteiger partial charge in [0.1, 0.15) is 5.75 Å². The first-order valence-corrected chi connectivity index (χ1v) is 7.87. The van der Waals surface area contributed by atoms with Crippen molar-refractivity contribution in [1.29, 1.82) is 0 Å². The predicted octanol–water partition coefficient (Wildman–Crippen LogP) is 3.96. The average molecular weight is 320 g/mol. The third-order valence-corrected chi connectivity index (χ3v) is 4.11. The molecule has 116 valence electrons. The molecule has 0 aromatic heterocycles. The average Bonchev–Trinajstić information content (AvgIpc) is 2.54. The molecule has 0 bridgehead atoms. The minimum Gasteiger partial charge on any atom is -0.497 e. The molecule has 0 N–H and O–H groups in total. The van der Waals surface area contributed by atoms with Crippen molar-refractivity contribution in [3.8, 4) is 11.5 Å². The van der Waals surface area contributed by atoms with E-state index in [1.54, 1.807) is 13.2 Å². The molecule has 3 nitrogen and oxygen atoms in total. The Morgan fingerprint density at radius 2 is 1.95 bits per heavy atom. The van der Waals surface area contributed by atoms with E-state index in [9.17, 15) is 9.18 Å². The molecule has 0 fully saturated rings. The second kappa shape index (κ2) is 7.84. The molecule has 0 saturated heterocycles. The maximum absolute atomic E-state index is 13.6.